The van der Waals surface area contributed by atoms with Crippen molar-refractivity contribution in [3.8, 4) is 0 Å². The zero-order chi connectivity index (χ0) is 22.5. The minimum Gasteiger partial charge on any atom is -0.381 e. The van der Waals surface area contributed by atoms with E-state index in [1.807, 2.05) is 6.92 Å². The number of hydrogen-bond donors (Lipinski definition) is 0. The van der Waals surface area contributed by atoms with Crippen LogP contribution in [-0.2, 0) is 19.0 Å². The molecule has 0 amide bonds. The van der Waals surface area contributed by atoms with E-state index in [9.17, 15) is 18.0 Å². The molecule has 0 saturated heterocycles. The van der Waals surface area contributed by atoms with E-state index in [4.69, 9.17) is 14.2 Å². The summed E-state index contributed by atoms with van der Waals surface area (Å²) in [6.45, 7) is 7.69. The SMILES string of the molecule is COCO[C@@H]1C[C@@](C)(CC(F)(F)F)C(=O)[C@H](C)C23CC[C@@H](C)[C@]1(C)C2[C@H](OC)CC3. The van der Waals surface area contributed by atoms with Crippen molar-refractivity contribution < 1.29 is 32.2 Å². The highest BCUT2D eigenvalue weighted by molar-refractivity contribution is 5.87. The molecule has 3 rings (SSSR count). The van der Waals surface area contributed by atoms with E-state index in [0.29, 0.717) is 0 Å². The number of ether oxygens (including phenoxy) is 3. The molecule has 174 valence electrons. The molecule has 8 atom stereocenters. The zero-order valence-corrected chi connectivity index (χ0v) is 19.1. The molecule has 3 aliphatic carbocycles. The summed E-state index contributed by atoms with van der Waals surface area (Å²) in [4.78, 5) is 13.7. The lowest BCUT2D eigenvalue weighted by Gasteiger charge is -2.62. The molecule has 0 N–H and O–H groups in total. The number of alkyl halides is 3. The summed E-state index contributed by atoms with van der Waals surface area (Å²) in [5, 5.41) is 0. The maximum Gasteiger partial charge on any atom is 0.390 e. The van der Waals surface area contributed by atoms with Crippen LogP contribution in [0.5, 0.6) is 0 Å². The minimum absolute atomic E-state index is 0.00378. The van der Waals surface area contributed by atoms with Crippen LogP contribution in [0.15, 0.2) is 0 Å². The topological polar surface area (TPSA) is 44.8 Å². The van der Waals surface area contributed by atoms with Crippen molar-refractivity contribution in [2.45, 2.75) is 84.6 Å². The maximum absolute atomic E-state index is 13.7. The lowest BCUT2D eigenvalue weighted by Crippen LogP contribution is -2.63. The van der Waals surface area contributed by atoms with Crippen LogP contribution in [-0.4, -0.2) is 45.2 Å². The Morgan fingerprint density at radius 3 is 2.30 bits per heavy atom. The van der Waals surface area contributed by atoms with Gasteiger partial charge in [0.25, 0.3) is 0 Å². The van der Waals surface area contributed by atoms with Crippen molar-refractivity contribution in [1.82, 2.24) is 0 Å². The van der Waals surface area contributed by atoms with Crippen LogP contribution in [0.4, 0.5) is 13.2 Å². The zero-order valence-electron chi connectivity index (χ0n) is 19.1. The number of carbonyl (C=O) groups is 1. The van der Waals surface area contributed by atoms with Gasteiger partial charge < -0.3 is 14.2 Å². The van der Waals surface area contributed by atoms with E-state index < -0.39 is 35.4 Å². The van der Waals surface area contributed by atoms with Gasteiger partial charge in [0.05, 0.1) is 18.6 Å². The monoisotopic (exact) mass is 434 g/mol. The van der Waals surface area contributed by atoms with E-state index in [2.05, 4.69) is 13.8 Å². The summed E-state index contributed by atoms with van der Waals surface area (Å²) < 4.78 is 58.0. The summed E-state index contributed by atoms with van der Waals surface area (Å²) in [7, 11) is 3.22. The van der Waals surface area contributed by atoms with Crippen LogP contribution < -0.4 is 0 Å². The van der Waals surface area contributed by atoms with Gasteiger partial charge in [0.2, 0.25) is 0 Å². The first-order chi connectivity index (χ1) is 13.9. The van der Waals surface area contributed by atoms with Gasteiger partial charge >= 0.3 is 6.18 Å². The number of carbonyl (C=O) groups excluding carboxylic acids is 1. The molecule has 30 heavy (non-hydrogen) atoms. The summed E-state index contributed by atoms with van der Waals surface area (Å²) in [6.07, 6.45) is -2.61. The van der Waals surface area contributed by atoms with Gasteiger partial charge in [-0.1, -0.05) is 27.7 Å². The summed E-state index contributed by atoms with van der Waals surface area (Å²) in [6, 6.07) is 0. The molecule has 7 heteroatoms. The number of ketones is 1. The van der Waals surface area contributed by atoms with E-state index in [0.717, 1.165) is 25.7 Å². The van der Waals surface area contributed by atoms with Crippen molar-refractivity contribution in [1.29, 1.82) is 0 Å². The first-order valence-corrected chi connectivity index (χ1v) is 11.1. The molecule has 0 aromatic carbocycles. The normalized spacial score (nSPS) is 47.0. The van der Waals surface area contributed by atoms with Gasteiger partial charge in [0, 0.05) is 31.0 Å². The van der Waals surface area contributed by atoms with Gasteiger partial charge in [-0.3, -0.25) is 4.79 Å². The van der Waals surface area contributed by atoms with Crippen molar-refractivity contribution in [2.75, 3.05) is 21.0 Å². The standard InChI is InChI=1S/C23H37F3O4/c1-14-7-9-22-10-8-16(29-6)18(22)21(14,4)17(30-13-28-5)11-20(3,12-23(24,25)26)19(27)15(22)2/h14-18H,7-13H2,1-6H3/t14-,15+,16-,17-,18?,20+,21+,22?/m1/s1. The second-order valence-electron chi connectivity index (χ2n) is 10.5. The highest BCUT2D eigenvalue weighted by atomic mass is 19.4. The van der Waals surface area contributed by atoms with E-state index in [-0.39, 0.29) is 42.4 Å². The van der Waals surface area contributed by atoms with Crippen molar-refractivity contribution in [3.63, 3.8) is 0 Å². The van der Waals surface area contributed by atoms with Gasteiger partial charge in [0.15, 0.2) is 0 Å². The fraction of sp³-hybridized carbons (Fsp3) is 0.957. The van der Waals surface area contributed by atoms with Crippen LogP contribution in [0.2, 0.25) is 0 Å². The highest BCUT2D eigenvalue weighted by Gasteiger charge is 2.68. The van der Waals surface area contributed by atoms with Crippen LogP contribution in [0, 0.1) is 34.0 Å². The minimum atomic E-state index is -4.42. The van der Waals surface area contributed by atoms with Crippen LogP contribution in [0.1, 0.15) is 66.2 Å². The summed E-state index contributed by atoms with van der Waals surface area (Å²) in [5.41, 5.74) is -2.27. The van der Waals surface area contributed by atoms with Gasteiger partial charge in [-0.25, -0.2) is 0 Å². The Morgan fingerprint density at radius 1 is 1.10 bits per heavy atom. The Bertz CT molecular complexity index is 653. The number of hydrogen-bond acceptors (Lipinski definition) is 4. The van der Waals surface area contributed by atoms with E-state index >= 15 is 0 Å². The van der Waals surface area contributed by atoms with Gasteiger partial charge in [-0.05, 0) is 49.4 Å². The number of Topliss-reactive ketones (excluding diaryl/α,β-unsaturated/α-hetero) is 1. The predicted molar refractivity (Wildman–Crippen MR) is 107 cm³/mol. The van der Waals surface area contributed by atoms with Gasteiger partial charge in [-0.15, -0.1) is 0 Å². The molecule has 0 aromatic rings. The third-order valence-corrected chi connectivity index (χ3v) is 9.12. The van der Waals surface area contributed by atoms with Crippen LogP contribution in [0.25, 0.3) is 0 Å². The second-order valence-corrected chi connectivity index (χ2v) is 10.5. The Kier molecular flexibility index (Phi) is 6.43. The number of methoxy groups -OCH3 is 2. The average molecular weight is 435 g/mol. The van der Waals surface area contributed by atoms with Gasteiger partial charge in [-0.2, -0.15) is 13.2 Å². The Morgan fingerprint density at radius 2 is 1.73 bits per heavy atom. The fourth-order valence-electron chi connectivity index (χ4n) is 7.48. The number of rotatable bonds is 5. The smallest absolute Gasteiger partial charge is 0.381 e. The molecule has 3 fully saturated rings. The second kappa shape index (κ2) is 8.04. The molecule has 4 nitrogen and oxygen atoms in total. The van der Waals surface area contributed by atoms with E-state index in [1.54, 1.807) is 7.11 Å². The summed E-state index contributed by atoms with van der Waals surface area (Å²) >= 11 is 0. The Hall–Kier alpha value is -0.660. The quantitative estimate of drug-likeness (QED) is 0.544. The molecule has 3 saturated carbocycles. The largest absolute Gasteiger partial charge is 0.390 e. The molecule has 3 aliphatic rings. The van der Waals surface area contributed by atoms with Crippen molar-refractivity contribution in [2.24, 2.45) is 34.0 Å². The Balaban J connectivity index is 2.18. The molecule has 0 radical (unpaired) electrons. The molecular formula is C23H37F3O4. The number of halogens is 3. The fourth-order valence-corrected chi connectivity index (χ4v) is 7.48. The average Bonchev–Trinajstić information content (AvgIpc) is 3.05. The lowest BCUT2D eigenvalue weighted by molar-refractivity contribution is -0.229. The molecule has 0 aliphatic heterocycles. The molecule has 2 unspecified atom stereocenters. The molecule has 0 spiro atoms. The van der Waals surface area contributed by atoms with E-state index in [1.165, 1.54) is 14.0 Å². The molecular weight excluding hydrogens is 397 g/mol. The molecule has 2 bridgehead atoms. The molecule has 0 aromatic heterocycles. The molecule has 0 heterocycles. The third kappa shape index (κ3) is 3.62. The first kappa shape index (κ1) is 24.0. The van der Waals surface area contributed by atoms with Crippen LogP contribution in [0.3, 0.4) is 0 Å². The maximum atomic E-state index is 13.7. The first-order valence-electron chi connectivity index (χ1n) is 11.1. The third-order valence-electron chi connectivity index (χ3n) is 9.12. The van der Waals surface area contributed by atoms with Crippen molar-refractivity contribution >= 4 is 5.78 Å². The Labute approximate surface area is 178 Å². The summed E-state index contributed by atoms with van der Waals surface area (Å²) in [5.74, 6) is -0.409. The van der Waals surface area contributed by atoms with Crippen LogP contribution >= 0.6 is 0 Å². The lowest BCUT2D eigenvalue weighted by atomic mass is 9.43. The van der Waals surface area contributed by atoms with Crippen molar-refractivity contribution in [3.05, 3.63) is 0 Å². The highest BCUT2D eigenvalue weighted by Crippen LogP contribution is 2.69. The van der Waals surface area contributed by atoms with Gasteiger partial charge in [0.1, 0.15) is 12.6 Å². The predicted octanol–water partition coefficient (Wildman–Crippen LogP) is 5.39.